The van der Waals surface area contributed by atoms with Gasteiger partial charge >= 0.3 is 5.97 Å². The normalized spacial score (nSPS) is 12.1. The van der Waals surface area contributed by atoms with Gasteiger partial charge in [0.25, 0.3) is 0 Å². The molecule has 0 radical (unpaired) electrons. The Morgan fingerprint density at radius 1 is 1.33 bits per heavy atom. The van der Waals surface area contributed by atoms with Crippen molar-refractivity contribution in [2.45, 2.75) is 25.7 Å². The zero-order chi connectivity index (χ0) is 16.4. The van der Waals surface area contributed by atoms with E-state index >= 15 is 0 Å². The SMILES string of the molecule is CCN(CC(C)C)S(=O)(=O)c1cc(Cl)cc(C(=O)O)c1Cl. The highest BCUT2D eigenvalue weighted by molar-refractivity contribution is 7.89. The number of halogens is 2. The predicted molar refractivity (Wildman–Crippen MR) is 82.7 cm³/mol. The van der Waals surface area contributed by atoms with Crippen LogP contribution in [0, 0.1) is 5.92 Å². The molecule has 1 rings (SSSR count). The molecule has 0 bridgehead atoms. The van der Waals surface area contributed by atoms with Crippen molar-refractivity contribution in [3.8, 4) is 0 Å². The lowest BCUT2D eigenvalue weighted by molar-refractivity contribution is 0.0697. The number of rotatable bonds is 6. The molecule has 0 atom stereocenters. The van der Waals surface area contributed by atoms with Crippen LogP contribution in [0.2, 0.25) is 10.0 Å². The Morgan fingerprint density at radius 3 is 2.33 bits per heavy atom. The van der Waals surface area contributed by atoms with Crippen molar-refractivity contribution in [2.75, 3.05) is 13.1 Å². The maximum absolute atomic E-state index is 12.6. The van der Waals surface area contributed by atoms with Gasteiger partial charge in [0, 0.05) is 18.1 Å². The fraction of sp³-hybridized carbons (Fsp3) is 0.462. The Kier molecular flexibility index (Phi) is 6.04. The van der Waals surface area contributed by atoms with E-state index < -0.39 is 16.0 Å². The molecular weight excluding hydrogens is 337 g/mol. The lowest BCUT2D eigenvalue weighted by Gasteiger charge is -2.23. The molecule has 0 spiro atoms. The van der Waals surface area contributed by atoms with Gasteiger partial charge in [0.15, 0.2) is 0 Å². The topological polar surface area (TPSA) is 74.7 Å². The van der Waals surface area contributed by atoms with Crippen molar-refractivity contribution < 1.29 is 18.3 Å². The molecule has 0 unspecified atom stereocenters. The Balaban J connectivity index is 3.47. The summed E-state index contributed by atoms with van der Waals surface area (Å²) in [4.78, 5) is 10.8. The average molecular weight is 354 g/mol. The van der Waals surface area contributed by atoms with E-state index in [0.717, 1.165) is 6.07 Å². The van der Waals surface area contributed by atoms with Crippen LogP contribution in [-0.4, -0.2) is 36.9 Å². The Labute approximate surface area is 134 Å². The molecule has 0 saturated carbocycles. The monoisotopic (exact) mass is 353 g/mol. The second-order valence-corrected chi connectivity index (χ2v) is 7.64. The first kappa shape index (κ1) is 18.2. The molecule has 1 aromatic carbocycles. The highest BCUT2D eigenvalue weighted by Gasteiger charge is 2.29. The quantitative estimate of drug-likeness (QED) is 0.850. The summed E-state index contributed by atoms with van der Waals surface area (Å²) in [7, 11) is -3.90. The Morgan fingerprint density at radius 2 is 1.90 bits per heavy atom. The number of aromatic carboxylic acids is 1. The largest absolute Gasteiger partial charge is 0.478 e. The van der Waals surface area contributed by atoms with Gasteiger partial charge in [0.1, 0.15) is 4.90 Å². The fourth-order valence-corrected chi connectivity index (χ4v) is 4.34. The van der Waals surface area contributed by atoms with Crippen molar-refractivity contribution >= 4 is 39.2 Å². The third-order valence-electron chi connectivity index (χ3n) is 2.77. The van der Waals surface area contributed by atoms with E-state index in [-0.39, 0.29) is 33.0 Å². The molecular formula is C13H17Cl2NO4S. The van der Waals surface area contributed by atoms with Gasteiger partial charge < -0.3 is 5.11 Å². The highest BCUT2D eigenvalue weighted by Crippen LogP contribution is 2.31. The van der Waals surface area contributed by atoms with Crippen LogP contribution < -0.4 is 0 Å². The Bertz CT molecular complexity index is 644. The van der Waals surface area contributed by atoms with Crippen LogP contribution in [0.1, 0.15) is 31.1 Å². The highest BCUT2D eigenvalue weighted by atomic mass is 35.5. The van der Waals surface area contributed by atoms with E-state index in [4.69, 9.17) is 28.3 Å². The first-order chi connectivity index (χ1) is 9.61. The molecule has 0 aliphatic heterocycles. The van der Waals surface area contributed by atoms with Crippen LogP contribution in [0.15, 0.2) is 17.0 Å². The van der Waals surface area contributed by atoms with Gasteiger partial charge in [-0.3, -0.25) is 0 Å². The van der Waals surface area contributed by atoms with E-state index in [9.17, 15) is 13.2 Å². The van der Waals surface area contributed by atoms with Crippen molar-refractivity contribution in [1.29, 1.82) is 0 Å². The van der Waals surface area contributed by atoms with E-state index in [2.05, 4.69) is 0 Å². The second kappa shape index (κ2) is 6.96. The third-order valence-corrected chi connectivity index (χ3v) is 5.48. The van der Waals surface area contributed by atoms with Crippen molar-refractivity contribution in [1.82, 2.24) is 4.31 Å². The average Bonchev–Trinajstić information content (AvgIpc) is 2.37. The zero-order valence-electron chi connectivity index (χ0n) is 11.9. The molecule has 5 nitrogen and oxygen atoms in total. The summed E-state index contributed by atoms with van der Waals surface area (Å²) in [6.45, 7) is 6.05. The predicted octanol–water partition coefficient (Wildman–Crippen LogP) is 3.36. The number of carboxylic acids is 1. The lowest BCUT2D eigenvalue weighted by Crippen LogP contribution is -2.34. The Hall–Kier alpha value is -0.820. The number of hydrogen-bond acceptors (Lipinski definition) is 3. The number of carboxylic acid groups (broad SMARTS) is 1. The molecule has 0 aliphatic rings. The van der Waals surface area contributed by atoms with E-state index in [1.165, 1.54) is 10.4 Å². The van der Waals surface area contributed by atoms with Crippen molar-refractivity contribution in [3.63, 3.8) is 0 Å². The maximum Gasteiger partial charge on any atom is 0.337 e. The number of hydrogen-bond donors (Lipinski definition) is 1. The molecule has 118 valence electrons. The molecule has 0 aromatic heterocycles. The molecule has 1 N–H and O–H groups in total. The number of sulfonamides is 1. The first-order valence-electron chi connectivity index (χ1n) is 6.33. The summed E-state index contributed by atoms with van der Waals surface area (Å²) < 4.78 is 26.5. The van der Waals surface area contributed by atoms with Gasteiger partial charge in [-0.1, -0.05) is 44.0 Å². The molecule has 21 heavy (non-hydrogen) atoms. The van der Waals surface area contributed by atoms with Crippen molar-refractivity contribution in [2.24, 2.45) is 5.92 Å². The van der Waals surface area contributed by atoms with Crippen LogP contribution in [0.25, 0.3) is 0 Å². The molecule has 0 heterocycles. The molecule has 8 heteroatoms. The molecule has 0 aliphatic carbocycles. The van der Waals surface area contributed by atoms with Crippen molar-refractivity contribution in [3.05, 3.63) is 27.7 Å². The van der Waals surface area contributed by atoms with Gasteiger partial charge in [0.2, 0.25) is 10.0 Å². The minimum absolute atomic E-state index is 0.0102. The summed E-state index contributed by atoms with van der Waals surface area (Å²) in [5, 5.41) is 8.76. The smallest absolute Gasteiger partial charge is 0.337 e. The first-order valence-corrected chi connectivity index (χ1v) is 8.53. The summed E-state index contributed by atoms with van der Waals surface area (Å²) >= 11 is 11.8. The van der Waals surface area contributed by atoms with E-state index in [1.807, 2.05) is 13.8 Å². The second-order valence-electron chi connectivity index (χ2n) is 4.92. The van der Waals surface area contributed by atoms with Crippen LogP contribution in [0.5, 0.6) is 0 Å². The molecule has 1 aromatic rings. The summed E-state index contributed by atoms with van der Waals surface area (Å²) in [6, 6.07) is 2.30. The maximum atomic E-state index is 12.6. The van der Waals surface area contributed by atoms with Gasteiger partial charge in [-0.15, -0.1) is 0 Å². The third kappa shape index (κ3) is 4.10. The standard InChI is InChI=1S/C13H17Cl2NO4S/c1-4-16(7-8(2)3)21(19,20)11-6-9(14)5-10(12(11)15)13(17)18/h5-6,8H,4,7H2,1-3H3,(H,17,18). The minimum Gasteiger partial charge on any atom is -0.478 e. The van der Waals surface area contributed by atoms with Gasteiger partial charge in [-0.2, -0.15) is 4.31 Å². The number of benzene rings is 1. The van der Waals surface area contributed by atoms with Crippen LogP contribution >= 0.6 is 23.2 Å². The van der Waals surface area contributed by atoms with Crippen LogP contribution in [-0.2, 0) is 10.0 Å². The minimum atomic E-state index is -3.90. The van der Waals surface area contributed by atoms with Gasteiger partial charge in [-0.05, 0) is 18.1 Å². The fourth-order valence-electron chi connectivity index (χ4n) is 1.85. The lowest BCUT2D eigenvalue weighted by atomic mass is 10.2. The van der Waals surface area contributed by atoms with Gasteiger partial charge in [-0.25, -0.2) is 13.2 Å². The molecule has 0 saturated heterocycles. The summed E-state index contributed by atoms with van der Waals surface area (Å²) in [5.41, 5.74) is -0.330. The van der Waals surface area contributed by atoms with Crippen LogP contribution in [0.4, 0.5) is 0 Å². The van der Waals surface area contributed by atoms with Gasteiger partial charge in [0.05, 0.1) is 10.6 Å². The van der Waals surface area contributed by atoms with E-state index in [0.29, 0.717) is 6.54 Å². The molecule has 0 fully saturated rings. The zero-order valence-corrected chi connectivity index (χ0v) is 14.3. The summed E-state index contributed by atoms with van der Waals surface area (Å²) in [5.74, 6) is -1.21. The number of nitrogens with zero attached hydrogens (tertiary/aromatic N) is 1. The summed E-state index contributed by atoms with van der Waals surface area (Å²) in [6.07, 6.45) is 0. The number of carbonyl (C=O) groups is 1. The van der Waals surface area contributed by atoms with E-state index in [1.54, 1.807) is 6.92 Å². The molecule has 0 amide bonds. The van der Waals surface area contributed by atoms with Crippen LogP contribution in [0.3, 0.4) is 0 Å².